The first-order valence-electron chi connectivity index (χ1n) is 5.06. The number of carbonyl (C=O) groups is 1. The number of rotatable bonds is 5. The fourth-order valence-electron chi connectivity index (χ4n) is 1.38. The average molecular weight is 226 g/mol. The van der Waals surface area contributed by atoms with Crippen molar-refractivity contribution >= 4 is 11.6 Å². The van der Waals surface area contributed by atoms with E-state index in [1.165, 1.54) is 10.9 Å². The van der Waals surface area contributed by atoms with Crippen LogP contribution in [0.1, 0.15) is 26.3 Å². The second-order valence-corrected chi connectivity index (χ2v) is 3.25. The number of nitrogens with one attached hydrogen (secondary N) is 1. The fourth-order valence-corrected chi connectivity index (χ4v) is 1.38. The van der Waals surface area contributed by atoms with Crippen molar-refractivity contribution in [2.45, 2.75) is 26.3 Å². The smallest absolute Gasteiger partial charge is 0.307 e. The molecule has 0 bridgehead atoms. The van der Waals surface area contributed by atoms with Gasteiger partial charge in [-0.3, -0.25) is 19.6 Å². The second-order valence-electron chi connectivity index (χ2n) is 3.25. The summed E-state index contributed by atoms with van der Waals surface area (Å²) in [5.41, 5.74) is -0.109. The number of carbonyl (C=O) groups excluding carboxylic acids is 1. The van der Waals surface area contributed by atoms with Crippen LogP contribution in [0.5, 0.6) is 0 Å². The summed E-state index contributed by atoms with van der Waals surface area (Å²) in [6.07, 6.45) is 2.94. The number of likely N-dealkylation sites (N-methyl/N-ethyl adjacent to an activating group) is 1. The fraction of sp³-hybridized carbons (Fsp3) is 0.556. The second kappa shape index (κ2) is 5.24. The maximum atomic E-state index is 11.6. The van der Waals surface area contributed by atoms with Crippen LogP contribution in [0.4, 0.5) is 5.69 Å². The zero-order valence-corrected chi connectivity index (χ0v) is 9.21. The first-order chi connectivity index (χ1) is 7.60. The third-order valence-electron chi connectivity index (χ3n) is 2.16. The highest BCUT2D eigenvalue weighted by Crippen LogP contribution is 2.15. The predicted molar refractivity (Wildman–Crippen MR) is 56.9 cm³/mol. The van der Waals surface area contributed by atoms with Crippen LogP contribution < -0.4 is 5.32 Å². The van der Waals surface area contributed by atoms with Gasteiger partial charge in [-0.15, -0.1) is 0 Å². The number of nitro groups is 1. The molecule has 0 spiro atoms. The van der Waals surface area contributed by atoms with Gasteiger partial charge in [-0.2, -0.15) is 5.10 Å². The first kappa shape index (κ1) is 12.2. The Kier molecular flexibility index (Phi) is 3.98. The van der Waals surface area contributed by atoms with Gasteiger partial charge in [0.15, 0.2) is 0 Å². The molecule has 0 aliphatic heterocycles. The lowest BCUT2D eigenvalue weighted by Gasteiger charge is -2.13. The zero-order valence-electron chi connectivity index (χ0n) is 9.21. The van der Waals surface area contributed by atoms with Crippen molar-refractivity contribution in [3.05, 3.63) is 22.5 Å². The first-order valence-corrected chi connectivity index (χ1v) is 5.06. The molecule has 0 fully saturated rings. The quantitative estimate of drug-likeness (QED) is 0.596. The van der Waals surface area contributed by atoms with E-state index in [9.17, 15) is 14.9 Å². The number of nitrogens with zero attached hydrogens (tertiary/aromatic N) is 3. The van der Waals surface area contributed by atoms with Crippen molar-refractivity contribution in [2.24, 2.45) is 0 Å². The number of aromatic nitrogens is 2. The maximum absolute atomic E-state index is 11.6. The van der Waals surface area contributed by atoms with Crippen LogP contribution in [-0.4, -0.2) is 27.2 Å². The summed E-state index contributed by atoms with van der Waals surface area (Å²) >= 11 is 0. The van der Waals surface area contributed by atoms with E-state index in [-0.39, 0.29) is 11.6 Å². The lowest BCUT2D eigenvalue weighted by molar-refractivity contribution is -0.385. The molecule has 0 aliphatic carbocycles. The average Bonchev–Trinajstić information content (AvgIpc) is 2.68. The standard InChI is InChI=1S/C9H14N4O3/c1-3-8(9(14)10-4-2)12-6-7(5-11-12)13(15)16/h5-6,8H,3-4H2,1-2H3,(H,10,14). The van der Waals surface area contributed by atoms with Crippen LogP contribution in [-0.2, 0) is 4.79 Å². The van der Waals surface area contributed by atoms with Crippen molar-refractivity contribution < 1.29 is 9.72 Å². The molecule has 88 valence electrons. The molecule has 16 heavy (non-hydrogen) atoms. The minimum atomic E-state index is -0.534. The SMILES string of the molecule is CCNC(=O)C(CC)n1cc([N+](=O)[O-])cn1. The van der Waals surface area contributed by atoms with Crippen LogP contribution >= 0.6 is 0 Å². The molecule has 7 heteroatoms. The monoisotopic (exact) mass is 226 g/mol. The Morgan fingerprint density at radius 2 is 2.38 bits per heavy atom. The summed E-state index contributed by atoms with van der Waals surface area (Å²) in [5, 5.41) is 17.0. The summed E-state index contributed by atoms with van der Waals surface area (Å²) in [7, 11) is 0. The van der Waals surface area contributed by atoms with E-state index in [1.54, 1.807) is 0 Å². The Morgan fingerprint density at radius 1 is 1.69 bits per heavy atom. The Morgan fingerprint density at radius 3 is 2.81 bits per heavy atom. The van der Waals surface area contributed by atoms with Crippen LogP contribution in [0.2, 0.25) is 0 Å². The summed E-state index contributed by atoms with van der Waals surface area (Å²) in [6, 6.07) is -0.492. The Hall–Kier alpha value is -1.92. The van der Waals surface area contributed by atoms with Gasteiger partial charge in [-0.25, -0.2) is 0 Å². The van der Waals surface area contributed by atoms with Gasteiger partial charge in [0.25, 0.3) is 0 Å². The highest BCUT2D eigenvalue weighted by Gasteiger charge is 2.20. The minimum Gasteiger partial charge on any atom is -0.355 e. The molecule has 1 rings (SSSR count). The number of hydrogen-bond acceptors (Lipinski definition) is 4. The van der Waals surface area contributed by atoms with Gasteiger partial charge in [-0.1, -0.05) is 6.92 Å². The Labute approximate surface area is 92.6 Å². The maximum Gasteiger partial charge on any atom is 0.307 e. The van der Waals surface area contributed by atoms with E-state index in [1.807, 2.05) is 13.8 Å². The summed E-state index contributed by atoms with van der Waals surface area (Å²) < 4.78 is 1.32. The number of amides is 1. The van der Waals surface area contributed by atoms with Gasteiger partial charge in [-0.05, 0) is 13.3 Å². The highest BCUT2D eigenvalue weighted by atomic mass is 16.6. The van der Waals surface area contributed by atoms with E-state index in [0.717, 1.165) is 6.20 Å². The molecule has 1 heterocycles. The van der Waals surface area contributed by atoms with Crippen molar-refractivity contribution in [1.29, 1.82) is 0 Å². The zero-order chi connectivity index (χ0) is 12.1. The van der Waals surface area contributed by atoms with Crippen molar-refractivity contribution in [3.8, 4) is 0 Å². The van der Waals surface area contributed by atoms with E-state index in [4.69, 9.17) is 0 Å². The van der Waals surface area contributed by atoms with E-state index in [0.29, 0.717) is 13.0 Å². The topological polar surface area (TPSA) is 90.1 Å². The van der Waals surface area contributed by atoms with Gasteiger partial charge >= 0.3 is 5.69 Å². The largest absolute Gasteiger partial charge is 0.355 e. The Balaban J connectivity index is 2.86. The van der Waals surface area contributed by atoms with Crippen LogP contribution in [0, 0.1) is 10.1 Å². The van der Waals surface area contributed by atoms with Gasteiger partial charge in [0, 0.05) is 6.54 Å². The molecule has 1 atom stereocenters. The summed E-state index contributed by atoms with van der Waals surface area (Å²) in [4.78, 5) is 21.6. The molecular weight excluding hydrogens is 212 g/mol. The molecule has 0 saturated carbocycles. The van der Waals surface area contributed by atoms with Crippen LogP contribution in [0.25, 0.3) is 0 Å². The highest BCUT2D eigenvalue weighted by molar-refractivity contribution is 5.80. The normalized spacial score (nSPS) is 12.1. The van der Waals surface area contributed by atoms with Crippen LogP contribution in [0.15, 0.2) is 12.4 Å². The minimum absolute atomic E-state index is 0.109. The number of hydrogen-bond donors (Lipinski definition) is 1. The van der Waals surface area contributed by atoms with Gasteiger partial charge in [0.1, 0.15) is 18.4 Å². The van der Waals surface area contributed by atoms with Crippen molar-refractivity contribution in [2.75, 3.05) is 6.54 Å². The summed E-state index contributed by atoms with van der Waals surface area (Å²) in [5.74, 6) is -0.178. The lowest BCUT2D eigenvalue weighted by atomic mass is 10.2. The molecular formula is C9H14N4O3. The van der Waals surface area contributed by atoms with E-state index >= 15 is 0 Å². The predicted octanol–water partition coefficient (Wildman–Crippen LogP) is 0.878. The molecule has 0 aliphatic rings. The van der Waals surface area contributed by atoms with E-state index < -0.39 is 11.0 Å². The van der Waals surface area contributed by atoms with Crippen molar-refractivity contribution in [1.82, 2.24) is 15.1 Å². The molecule has 0 saturated heterocycles. The van der Waals surface area contributed by atoms with E-state index in [2.05, 4.69) is 10.4 Å². The third kappa shape index (κ3) is 2.56. The molecule has 1 unspecified atom stereocenters. The molecule has 7 nitrogen and oxygen atoms in total. The lowest BCUT2D eigenvalue weighted by Crippen LogP contribution is -2.32. The molecule has 0 aromatic carbocycles. The van der Waals surface area contributed by atoms with Gasteiger partial charge < -0.3 is 5.32 Å². The molecule has 1 aromatic rings. The van der Waals surface area contributed by atoms with Gasteiger partial charge in [0.05, 0.1) is 4.92 Å². The van der Waals surface area contributed by atoms with Crippen LogP contribution in [0.3, 0.4) is 0 Å². The Bertz CT molecular complexity index is 388. The molecule has 1 N–H and O–H groups in total. The van der Waals surface area contributed by atoms with Gasteiger partial charge in [0.2, 0.25) is 5.91 Å². The molecule has 0 radical (unpaired) electrons. The molecule has 1 amide bonds. The molecule has 1 aromatic heterocycles. The summed E-state index contributed by atoms with van der Waals surface area (Å²) in [6.45, 7) is 4.17. The van der Waals surface area contributed by atoms with Crippen molar-refractivity contribution in [3.63, 3.8) is 0 Å². The third-order valence-corrected chi connectivity index (χ3v) is 2.16.